The summed E-state index contributed by atoms with van der Waals surface area (Å²) in [5.41, 5.74) is 1.55. The van der Waals surface area contributed by atoms with Crippen LogP contribution < -0.4 is 5.32 Å². The Morgan fingerprint density at radius 2 is 1.95 bits per heavy atom. The van der Waals surface area contributed by atoms with Crippen LogP contribution in [0.1, 0.15) is 26.3 Å². The largest absolute Gasteiger partial charge is 0.478 e. The molecule has 0 fully saturated rings. The van der Waals surface area contributed by atoms with Gasteiger partial charge in [0.15, 0.2) is 0 Å². The van der Waals surface area contributed by atoms with Gasteiger partial charge in [0.2, 0.25) is 0 Å². The molecule has 0 saturated heterocycles. The Kier molecular flexibility index (Phi) is 4.84. The van der Waals surface area contributed by atoms with Crippen LogP contribution in [0.15, 0.2) is 36.4 Å². The maximum Gasteiger partial charge on any atom is 0.336 e. The predicted molar refractivity (Wildman–Crippen MR) is 90.3 cm³/mol. The lowest BCUT2D eigenvalue weighted by Crippen LogP contribution is -2.14. The van der Waals surface area contributed by atoms with E-state index >= 15 is 0 Å². The molecule has 0 aromatic heterocycles. The molecule has 21 heavy (non-hydrogen) atoms. The minimum absolute atomic E-state index is 0.161. The molecule has 108 valence electrons. The summed E-state index contributed by atoms with van der Waals surface area (Å²) in [5, 5.41) is 12.3. The van der Waals surface area contributed by atoms with Crippen molar-refractivity contribution in [3.05, 3.63) is 61.7 Å². The number of amides is 1. The fraction of sp³-hybridized carbons (Fsp3) is 0.0667. The lowest BCUT2D eigenvalue weighted by Gasteiger charge is -2.10. The van der Waals surface area contributed by atoms with Crippen LogP contribution in [-0.2, 0) is 0 Å². The zero-order chi connectivity index (χ0) is 15.6. The minimum Gasteiger partial charge on any atom is -0.478 e. The molecular formula is C15H11ClINO3. The second kappa shape index (κ2) is 6.44. The van der Waals surface area contributed by atoms with Gasteiger partial charge in [-0.15, -0.1) is 0 Å². The number of carboxylic acids is 1. The van der Waals surface area contributed by atoms with Gasteiger partial charge in [0.05, 0.1) is 10.6 Å². The average Bonchev–Trinajstić information content (AvgIpc) is 2.43. The van der Waals surface area contributed by atoms with Crippen molar-refractivity contribution < 1.29 is 14.7 Å². The van der Waals surface area contributed by atoms with Gasteiger partial charge in [-0.1, -0.05) is 17.7 Å². The summed E-state index contributed by atoms with van der Waals surface area (Å²) in [5.74, 6) is -1.36. The number of nitrogens with one attached hydrogen (secondary N) is 1. The van der Waals surface area contributed by atoms with Crippen molar-refractivity contribution in [3.8, 4) is 0 Å². The molecule has 2 aromatic rings. The van der Waals surface area contributed by atoms with Crippen LogP contribution in [0.3, 0.4) is 0 Å². The number of carbonyl (C=O) groups is 2. The molecule has 2 rings (SSSR count). The van der Waals surface area contributed by atoms with Crippen LogP contribution in [0.5, 0.6) is 0 Å². The zero-order valence-electron chi connectivity index (χ0n) is 11.0. The zero-order valence-corrected chi connectivity index (χ0v) is 13.9. The third-order valence-corrected chi connectivity index (χ3v) is 4.57. The predicted octanol–water partition coefficient (Wildman–Crippen LogP) is 4.20. The number of rotatable bonds is 3. The Morgan fingerprint density at radius 1 is 1.24 bits per heavy atom. The van der Waals surface area contributed by atoms with Crippen molar-refractivity contribution in [1.29, 1.82) is 0 Å². The van der Waals surface area contributed by atoms with Crippen LogP contribution in [0.25, 0.3) is 0 Å². The number of carbonyl (C=O) groups excluding carboxylic acids is 1. The number of anilines is 1. The maximum absolute atomic E-state index is 12.2. The van der Waals surface area contributed by atoms with Gasteiger partial charge in [0, 0.05) is 14.8 Å². The first-order chi connectivity index (χ1) is 9.90. The van der Waals surface area contributed by atoms with Crippen molar-refractivity contribution in [2.24, 2.45) is 0 Å². The monoisotopic (exact) mass is 415 g/mol. The topological polar surface area (TPSA) is 66.4 Å². The van der Waals surface area contributed by atoms with Gasteiger partial charge in [-0.3, -0.25) is 4.79 Å². The number of halogens is 2. The number of hydrogen-bond donors (Lipinski definition) is 2. The molecule has 0 atom stereocenters. The first kappa shape index (κ1) is 15.8. The molecule has 0 bridgehead atoms. The van der Waals surface area contributed by atoms with Crippen molar-refractivity contribution >= 4 is 51.8 Å². The highest BCUT2D eigenvalue weighted by Gasteiger charge is 2.13. The molecule has 0 radical (unpaired) electrons. The van der Waals surface area contributed by atoms with Gasteiger partial charge >= 0.3 is 5.97 Å². The van der Waals surface area contributed by atoms with E-state index in [9.17, 15) is 9.59 Å². The van der Waals surface area contributed by atoms with Gasteiger partial charge in [-0.2, -0.15) is 0 Å². The molecule has 0 aliphatic rings. The number of benzene rings is 2. The van der Waals surface area contributed by atoms with Crippen LogP contribution in [-0.4, -0.2) is 17.0 Å². The molecule has 2 N–H and O–H groups in total. The Hall–Kier alpha value is -1.60. The summed E-state index contributed by atoms with van der Waals surface area (Å²) >= 11 is 8.07. The molecule has 0 heterocycles. The summed E-state index contributed by atoms with van der Waals surface area (Å²) in [6.07, 6.45) is 0. The van der Waals surface area contributed by atoms with E-state index in [0.717, 1.165) is 3.57 Å². The van der Waals surface area contributed by atoms with Crippen molar-refractivity contribution in [2.45, 2.75) is 6.92 Å². The van der Waals surface area contributed by atoms with E-state index in [1.54, 1.807) is 37.3 Å². The quantitative estimate of drug-likeness (QED) is 0.738. The van der Waals surface area contributed by atoms with Crippen LogP contribution in [0.2, 0.25) is 5.02 Å². The Labute approximate surface area is 140 Å². The highest BCUT2D eigenvalue weighted by Crippen LogP contribution is 2.22. The first-order valence-corrected chi connectivity index (χ1v) is 7.45. The molecule has 0 spiro atoms. The van der Waals surface area contributed by atoms with Gasteiger partial charge in [-0.05, 0) is 65.4 Å². The smallest absolute Gasteiger partial charge is 0.336 e. The molecule has 1 amide bonds. The number of carboxylic acid groups (broad SMARTS) is 1. The number of aromatic carboxylic acids is 1. The van der Waals surface area contributed by atoms with Gasteiger partial charge in [-0.25, -0.2) is 4.79 Å². The highest BCUT2D eigenvalue weighted by atomic mass is 127. The summed E-state index contributed by atoms with van der Waals surface area (Å²) in [6.45, 7) is 1.65. The fourth-order valence-corrected chi connectivity index (χ4v) is 2.35. The van der Waals surface area contributed by atoms with Crippen molar-refractivity contribution in [3.63, 3.8) is 0 Å². The van der Waals surface area contributed by atoms with E-state index in [0.29, 0.717) is 21.8 Å². The van der Waals surface area contributed by atoms with Crippen LogP contribution >= 0.6 is 34.2 Å². The van der Waals surface area contributed by atoms with Gasteiger partial charge < -0.3 is 10.4 Å². The Bertz CT molecular complexity index is 731. The van der Waals surface area contributed by atoms with Crippen LogP contribution in [0, 0.1) is 10.5 Å². The summed E-state index contributed by atoms with van der Waals surface area (Å²) in [6, 6.07) is 9.74. The Morgan fingerprint density at radius 3 is 2.57 bits per heavy atom. The van der Waals surface area contributed by atoms with Crippen molar-refractivity contribution in [1.82, 2.24) is 0 Å². The van der Waals surface area contributed by atoms with Crippen LogP contribution in [0.4, 0.5) is 5.69 Å². The summed E-state index contributed by atoms with van der Waals surface area (Å²) < 4.78 is 0.856. The maximum atomic E-state index is 12.2. The van der Waals surface area contributed by atoms with E-state index in [1.807, 2.05) is 0 Å². The van der Waals surface area contributed by atoms with E-state index < -0.39 is 5.97 Å². The van der Waals surface area contributed by atoms with E-state index in [-0.39, 0.29) is 11.5 Å². The molecular weight excluding hydrogens is 405 g/mol. The summed E-state index contributed by atoms with van der Waals surface area (Å²) in [4.78, 5) is 23.3. The average molecular weight is 416 g/mol. The minimum atomic E-state index is -1.03. The number of hydrogen-bond acceptors (Lipinski definition) is 2. The van der Waals surface area contributed by atoms with E-state index in [4.69, 9.17) is 16.7 Å². The molecule has 4 nitrogen and oxygen atoms in total. The van der Waals surface area contributed by atoms with Crippen molar-refractivity contribution in [2.75, 3.05) is 5.32 Å². The molecule has 0 unspecified atom stereocenters. The van der Waals surface area contributed by atoms with E-state index in [2.05, 4.69) is 27.9 Å². The lowest BCUT2D eigenvalue weighted by molar-refractivity contribution is 0.0695. The second-order valence-corrected chi connectivity index (χ2v) is 5.94. The molecule has 0 aliphatic heterocycles. The standard InChI is InChI=1S/C15H11ClINO3/c1-8-10(15(20)21)3-2-4-13(8)18-14(19)9-5-6-12(17)11(16)7-9/h2-7H,1H3,(H,18,19)(H,20,21). The molecule has 6 heteroatoms. The Balaban J connectivity index is 2.29. The third-order valence-electron chi connectivity index (χ3n) is 2.99. The van der Waals surface area contributed by atoms with E-state index in [1.165, 1.54) is 6.07 Å². The first-order valence-electron chi connectivity index (χ1n) is 5.99. The van der Waals surface area contributed by atoms with Gasteiger partial charge in [0.25, 0.3) is 5.91 Å². The SMILES string of the molecule is Cc1c(NC(=O)c2ccc(I)c(Cl)c2)cccc1C(=O)O. The highest BCUT2D eigenvalue weighted by molar-refractivity contribution is 14.1. The second-order valence-electron chi connectivity index (χ2n) is 4.37. The third kappa shape index (κ3) is 3.54. The normalized spacial score (nSPS) is 10.2. The fourth-order valence-electron chi connectivity index (χ4n) is 1.83. The molecule has 0 saturated carbocycles. The lowest BCUT2D eigenvalue weighted by atomic mass is 10.1. The summed E-state index contributed by atoms with van der Waals surface area (Å²) in [7, 11) is 0. The van der Waals surface area contributed by atoms with Gasteiger partial charge in [0.1, 0.15) is 0 Å². The molecule has 2 aromatic carbocycles. The molecule has 0 aliphatic carbocycles.